The number of halogens is 1. The molecule has 20 heavy (non-hydrogen) atoms. The van der Waals surface area contributed by atoms with E-state index in [1.165, 1.54) is 11.3 Å². The smallest absolute Gasteiger partial charge is 0.355 e. The largest absolute Gasteiger partial charge is 0.476 e. The van der Waals surface area contributed by atoms with Crippen molar-refractivity contribution < 1.29 is 9.90 Å². The fourth-order valence-corrected chi connectivity index (χ4v) is 4.25. The number of benzene rings is 1. The van der Waals surface area contributed by atoms with Crippen molar-refractivity contribution in [1.29, 1.82) is 0 Å². The van der Waals surface area contributed by atoms with Crippen LogP contribution in [-0.2, 0) is 5.41 Å². The van der Waals surface area contributed by atoms with E-state index in [-0.39, 0.29) is 11.1 Å². The highest BCUT2D eigenvalue weighted by atomic mass is 35.5. The molecule has 0 amide bonds. The Hall–Kier alpha value is -1.39. The average Bonchev–Trinajstić information content (AvgIpc) is 3.09. The van der Waals surface area contributed by atoms with E-state index in [1.54, 1.807) is 5.38 Å². The van der Waals surface area contributed by atoms with Gasteiger partial charge in [0, 0.05) is 15.8 Å². The Bertz CT molecular complexity index is 647. The number of aromatic carboxylic acids is 1. The highest BCUT2D eigenvalue weighted by Crippen LogP contribution is 2.47. The third-order valence-electron chi connectivity index (χ3n) is 3.97. The molecule has 0 bridgehead atoms. The predicted octanol–water partition coefficient (Wildman–Crippen LogP) is 4.35. The van der Waals surface area contributed by atoms with E-state index < -0.39 is 5.97 Å². The number of rotatable bonds is 3. The summed E-state index contributed by atoms with van der Waals surface area (Å²) in [5.74, 6) is -0.966. The topological polar surface area (TPSA) is 50.2 Å². The second-order valence-corrected chi connectivity index (χ2v) is 6.44. The quantitative estimate of drug-likeness (QED) is 0.917. The molecular weight excluding hydrogens is 294 g/mol. The van der Waals surface area contributed by atoms with Gasteiger partial charge in [-0.2, -0.15) is 0 Å². The predicted molar refractivity (Wildman–Crippen MR) is 79.8 cm³/mol. The molecule has 0 spiro atoms. The monoisotopic (exact) mass is 307 g/mol. The van der Waals surface area contributed by atoms with Crippen LogP contribution in [0, 0.1) is 0 Å². The Morgan fingerprint density at radius 1 is 1.35 bits per heavy atom. The zero-order chi connectivity index (χ0) is 14.2. The van der Waals surface area contributed by atoms with Gasteiger partial charge in [-0.25, -0.2) is 9.78 Å². The van der Waals surface area contributed by atoms with Crippen molar-refractivity contribution in [3.05, 3.63) is 50.9 Å². The highest BCUT2D eigenvalue weighted by molar-refractivity contribution is 7.10. The summed E-state index contributed by atoms with van der Waals surface area (Å²) in [5.41, 5.74) is 1.12. The summed E-state index contributed by atoms with van der Waals surface area (Å²) < 4.78 is 0. The molecule has 1 aromatic carbocycles. The summed E-state index contributed by atoms with van der Waals surface area (Å²) in [5, 5.41) is 12.3. The van der Waals surface area contributed by atoms with Crippen LogP contribution in [0.3, 0.4) is 0 Å². The maximum atomic E-state index is 11.0. The molecule has 0 radical (unpaired) electrons. The molecule has 0 saturated heterocycles. The summed E-state index contributed by atoms with van der Waals surface area (Å²) in [4.78, 5) is 15.4. The molecule has 3 rings (SSSR count). The Labute approximate surface area is 126 Å². The number of carbonyl (C=O) groups is 1. The minimum atomic E-state index is -0.966. The van der Waals surface area contributed by atoms with Crippen LogP contribution in [0.4, 0.5) is 0 Å². The van der Waals surface area contributed by atoms with Gasteiger partial charge in [0.1, 0.15) is 5.01 Å². The Kier molecular flexibility index (Phi) is 3.52. The SMILES string of the molecule is O=C(O)c1csc(C2(c3cccc(Cl)c3)CCCC2)n1. The van der Waals surface area contributed by atoms with E-state index in [9.17, 15) is 4.79 Å². The molecule has 1 fully saturated rings. The number of carboxylic acid groups (broad SMARTS) is 1. The molecule has 104 valence electrons. The first-order valence-corrected chi connectivity index (χ1v) is 7.83. The first-order chi connectivity index (χ1) is 9.62. The van der Waals surface area contributed by atoms with E-state index in [2.05, 4.69) is 11.1 Å². The zero-order valence-electron chi connectivity index (χ0n) is 10.8. The minimum absolute atomic E-state index is 0.137. The lowest BCUT2D eigenvalue weighted by Gasteiger charge is -2.27. The van der Waals surface area contributed by atoms with E-state index in [4.69, 9.17) is 16.7 Å². The van der Waals surface area contributed by atoms with Crippen LogP contribution in [-0.4, -0.2) is 16.1 Å². The molecule has 0 atom stereocenters. The molecule has 1 aliphatic carbocycles. The number of nitrogens with zero attached hydrogens (tertiary/aromatic N) is 1. The summed E-state index contributed by atoms with van der Waals surface area (Å²) in [6.45, 7) is 0. The van der Waals surface area contributed by atoms with Crippen LogP contribution in [0.1, 0.15) is 46.7 Å². The lowest BCUT2D eigenvalue weighted by atomic mass is 9.79. The van der Waals surface area contributed by atoms with Crippen LogP contribution in [0.15, 0.2) is 29.6 Å². The summed E-state index contributed by atoms with van der Waals surface area (Å²) in [7, 11) is 0. The van der Waals surface area contributed by atoms with E-state index >= 15 is 0 Å². The van der Waals surface area contributed by atoms with Crippen LogP contribution in [0.25, 0.3) is 0 Å². The number of hydrogen-bond donors (Lipinski definition) is 1. The third-order valence-corrected chi connectivity index (χ3v) is 5.25. The van der Waals surface area contributed by atoms with Gasteiger partial charge in [0.15, 0.2) is 5.69 Å². The van der Waals surface area contributed by atoms with Crippen molar-refractivity contribution in [3.63, 3.8) is 0 Å². The van der Waals surface area contributed by atoms with Crippen LogP contribution in [0.2, 0.25) is 5.02 Å². The standard InChI is InChI=1S/C15H14ClNO2S/c16-11-5-3-4-10(8-11)15(6-1-2-7-15)14-17-12(9-20-14)13(18)19/h3-5,8-9H,1-2,6-7H2,(H,18,19). The van der Waals surface area contributed by atoms with Crippen molar-refractivity contribution in [3.8, 4) is 0 Å². The first-order valence-electron chi connectivity index (χ1n) is 6.57. The van der Waals surface area contributed by atoms with Crippen molar-refractivity contribution in [1.82, 2.24) is 4.98 Å². The second kappa shape index (κ2) is 5.19. The third kappa shape index (κ3) is 2.23. The van der Waals surface area contributed by atoms with Crippen molar-refractivity contribution in [2.75, 3.05) is 0 Å². The van der Waals surface area contributed by atoms with Crippen molar-refractivity contribution in [2.45, 2.75) is 31.1 Å². The molecule has 1 saturated carbocycles. The lowest BCUT2D eigenvalue weighted by Crippen LogP contribution is -2.23. The van der Waals surface area contributed by atoms with Gasteiger partial charge in [-0.05, 0) is 30.5 Å². The zero-order valence-corrected chi connectivity index (χ0v) is 12.4. The van der Waals surface area contributed by atoms with Gasteiger partial charge in [-0.3, -0.25) is 0 Å². The fraction of sp³-hybridized carbons (Fsp3) is 0.333. The van der Waals surface area contributed by atoms with Gasteiger partial charge in [-0.1, -0.05) is 36.6 Å². The first kappa shape index (κ1) is 13.6. The number of aromatic nitrogens is 1. The van der Waals surface area contributed by atoms with Gasteiger partial charge in [0.25, 0.3) is 0 Å². The second-order valence-electron chi connectivity index (χ2n) is 5.14. The molecule has 0 unspecified atom stereocenters. The van der Waals surface area contributed by atoms with Gasteiger partial charge < -0.3 is 5.11 Å². The molecule has 1 N–H and O–H groups in total. The average molecular weight is 308 g/mol. The van der Waals surface area contributed by atoms with Crippen LogP contribution in [0.5, 0.6) is 0 Å². The summed E-state index contributed by atoms with van der Waals surface area (Å²) in [6.07, 6.45) is 4.27. The van der Waals surface area contributed by atoms with Crippen molar-refractivity contribution in [2.24, 2.45) is 0 Å². The Morgan fingerprint density at radius 3 is 2.70 bits per heavy atom. The minimum Gasteiger partial charge on any atom is -0.476 e. The van der Waals surface area contributed by atoms with Gasteiger partial charge >= 0.3 is 5.97 Å². The van der Waals surface area contributed by atoms with Crippen molar-refractivity contribution >= 4 is 28.9 Å². The molecule has 2 aromatic rings. The molecule has 5 heteroatoms. The summed E-state index contributed by atoms with van der Waals surface area (Å²) in [6, 6.07) is 7.86. The maximum absolute atomic E-state index is 11.0. The Morgan fingerprint density at radius 2 is 2.10 bits per heavy atom. The molecule has 1 aliphatic rings. The highest BCUT2D eigenvalue weighted by Gasteiger charge is 2.40. The van der Waals surface area contributed by atoms with Crippen LogP contribution >= 0.6 is 22.9 Å². The van der Waals surface area contributed by atoms with E-state index in [0.29, 0.717) is 5.02 Å². The molecule has 3 nitrogen and oxygen atoms in total. The van der Waals surface area contributed by atoms with E-state index in [1.807, 2.05) is 18.2 Å². The number of carboxylic acids is 1. The molecule has 0 aliphatic heterocycles. The van der Waals surface area contributed by atoms with E-state index in [0.717, 1.165) is 36.3 Å². The number of hydrogen-bond acceptors (Lipinski definition) is 3. The van der Waals surface area contributed by atoms with Gasteiger partial charge in [-0.15, -0.1) is 11.3 Å². The molecule has 1 heterocycles. The molecule has 1 aromatic heterocycles. The fourth-order valence-electron chi connectivity index (χ4n) is 2.98. The Balaban J connectivity index is 2.09. The van der Waals surface area contributed by atoms with Crippen LogP contribution < -0.4 is 0 Å². The lowest BCUT2D eigenvalue weighted by molar-refractivity contribution is 0.0691. The van der Waals surface area contributed by atoms with Gasteiger partial charge in [0.2, 0.25) is 0 Å². The molecular formula is C15H14ClNO2S. The normalized spacial score (nSPS) is 17.2. The maximum Gasteiger partial charge on any atom is 0.355 e. The number of thiazole rings is 1. The summed E-state index contributed by atoms with van der Waals surface area (Å²) >= 11 is 7.56. The van der Waals surface area contributed by atoms with Gasteiger partial charge in [0.05, 0.1) is 0 Å².